The van der Waals surface area contributed by atoms with Gasteiger partial charge >= 0.3 is 5.97 Å². The number of unbranched alkanes of at least 4 members (excludes halogenated alkanes) is 1. The third-order valence-corrected chi connectivity index (χ3v) is 4.28. The Morgan fingerprint density at radius 3 is 3.00 bits per heavy atom. The van der Waals surface area contributed by atoms with E-state index >= 15 is 0 Å². The third-order valence-electron chi connectivity index (χ3n) is 4.28. The molecule has 2 unspecified atom stereocenters. The molecule has 1 aliphatic rings. The molecule has 22 heavy (non-hydrogen) atoms. The van der Waals surface area contributed by atoms with Gasteiger partial charge in [0.1, 0.15) is 6.04 Å². The molecular weight excluding hydrogens is 276 g/mol. The van der Waals surface area contributed by atoms with Gasteiger partial charge in [0.2, 0.25) is 0 Å². The summed E-state index contributed by atoms with van der Waals surface area (Å²) in [6, 6.07) is 6.29. The number of fused-ring (bicyclic) bond motifs is 1. The molecule has 4 nitrogen and oxygen atoms in total. The summed E-state index contributed by atoms with van der Waals surface area (Å²) in [5.41, 5.74) is 3.92. The van der Waals surface area contributed by atoms with Crippen LogP contribution in [0.2, 0.25) is 0 Å². The summed E-state index contributed by atoms with van der Waals surface area (Å²) in [6.45, 7) is 5.21. The molecule has 1 aromatic rings. The highest BCUT2D eigenvalue weighted by molar-refractivity contribution is 5.73. The number of carboxylic acids is 1. The van der Waals surface area contributed by atoms with Crippen molar-refractivity contribution in [2.45, 2.75) is 64.5 Å². The number of aryl methyl sites for hydroxylation is 1. The average Bonchev–Trinajstić information content (AvgIpc) is 2.51. The molecule has 0 spiro atoms. The quantitative estimate of drug-likeness (QED) is 0.690. The van der Waals surface area contributed by atoms with E-state index in [1.807, 2.05) is 0 Å². The smallest absolute Gasteiger partial charge is 0.320 e. The zero-order valence-electron chi connectivity index (χ0n) is 13.7. The maximum absolute atomic E-state index is 11.3. The van der Waals surface area contributed by atoms with Gasteiger partial charge in [0.25, 0.3) is 0 Å². The Bertz CT molecular complexity index is 502. The third kappa shape index (κ3) is 4.73. The van der Waals surface area contributed by atoms with E-state index in [9.17, 15) is 9.90 Å². The van der Waals surface area contributed by atoms with Gasteiger partial charge in [-0.15, -0.1) is 0 Å². The molecule has 1 heterocycles. The Morgan fingerprint density at radius 2 is 2.27 bits per heavy atom. The summed E-state index contributed by atoms with van der Waals surface area (Å²) >= 11 is 0. The van der Waals surface area contributed by atoms with E-state index in [1.54, 1.807) is 0 Å². The second kappa shape index (κ2) is 8.18. The summed E-state index contributed by atoms with van der Waals surface area (Å²) in [5, 5.41) is 16.0. The maximum atomic E-state index is 11.3. The van der Waals surface area contributed by atoms with Gasteiger partial charge in [-0.1, -0.05) is 31.9 Å². The lowest BCUT2D eigenvalue weighted by Gasteiger charge is -2.22. The van der Waals surface area contributed by atoms with Crippen molar-refractivity contribution < 1.29 is 9.90 Å². The molecule has 0 aliphatic carbocycles. The van der Waals surface area contributed by atoms with Crippen LogP contribution in [0.5, 0.6) is 0 Å². The Kier molecular flexibility index (Phi) is 6.25. The van der Waals surface area contributed by atoms with Crippen molar-refractivity contribution in [3.8, 4) is 0 Å². The highest BCUT2D eigenvalue weighted by atomic mass is 16.4. The Labute approximate surface area is 133 Å². The number of rotatable bonds is 8. The first kappa shape index (κ1) is 16.8. The van der Waals surface area contributed by atoms with E-state index in [4.69, 9.17) is 0 Å². The summed E-state index contributed by atoms with van der Waals surface area (Å²) in [4.78, 5) is 11.3. The van der Waals surface area contributed by atoms with Crippen molar-refractivity contribution in [3.63, 3.8) is 0 Å². The highest BCUT2D eigenvalue weighted by Gasteiger charge is 2.19. The number of carbonyl (C=O) groups is 1. The average molecular weight is 304 g/mol. The number of carboxylic acid groups (broad SMARTS) is 1. The van der Waals surface area contributed by atoms with Gasteiger partial charge in [-0.2, -0.15) is 0 Å². The summed E-state index contributed by atoms with van der Waals surface area (Å²) in [6.07, 6.45) is 5.85. The molecule has 0 fully saturated rings. The molecule has 3 N–H and O–H groups in total. The minimum Gasteiger partial charge on any atom is -0.480 e. The normalized spacial score (nSPS) is 16.5. The second-order valence-corrected chi connectivity index (χ2v) is 6.33. The van der Waals surface area contributed by atoms with Crippen molar-refractivity contribution in [1.82, 2.24) is 5.32 Å². The molecule has 2 rings (SSSR count). The topological polar surface area (TPSA) is 61.4 Å². The van der Waals surface area contributed by atoms with Crippen LogP contribution in [-0.4, -0.2) is 29.7 Å². The van der Waals surface area contributed by atoms with Crippen LogP contribution in [0.3, 0.4) is 0 Å². The number of hydrogen-bond acceptors (Lipinski definition) is 3. The number of anilines is 1. The molecule has 4 heteroatoms. The fourth-order valence-corrected chi connectivity index (χ4v) is 3.10. The highest BCUT2D eigenvalue weighted by Crippen LogP contribution is 2.23. The zero-order chi connectivity index (χ0) is 15.9. The van der Waals surface area contributed by atoms with E-state index in [0.29, 0.717) is 6.42 Å². The fraction of sp³-hybridized carbons (Fsp3) is 0.611. The van der Waals surface area contributed by atoms with Crippen LogP contribution in [0.15, 0.2) is 18.2 Å². The van der Waals surface area contributed by atoms with Crippen LogP contribution in [0, 0.1) is 0 Å². The van der Waals surface area contributed by atoms with E-state index in [2.05, 4.69) is 42.7 Å². The van der Waals surface area contributed by atoms with Crippen LogP contribution in [0.4, 0.5) is 5.69 Å². The van der Waals surface area contributed by atoms with E-state index < -0.39 is 12.0 Å². The van der Waals surface area contributed by atoms with Gasteiger partial charge in [0, 0.05) is 18.3 Å². The minimum atomic E-state index is -0.741. The van der Waals surface area contributed by atoms with Gasteiger partial charge in [-0.3, -0.25) is 4.79 Å². The molecule has 1 aromatic carbocycles. The Balaban J connectivity index is 1.93. The minimum absolute atomic E-state index is 0.160. The molecule has 0 saturated heterocycles. The van der Waals surface area contributed by atoms with Crippen LogP contribution < -0.4 is 10.6 Å². The monoisotopic (exact) mass is 304 g/mol. The number of hydrogen-bond donors (Lipinski definition) is 3. The zero-order valence-corrected chi connectivity index (χ0v) is 13.7. The Hall–Kier alpha value is -1.55. The standard InChI is InChI=1S/C18H28N2O2/c1-3-4-7-17(18(21)22)20-13(2)11-14-8-9-16-15(12-14)6-5-10-19-16/h8-9,12-13,17,19-20H,3-7,10-11H2,1-2H3,(H,21,22). The molecule has 2 atom stereocenters. The van der Waals surface area contributed by atoms with Crippen molar-refractivity contribution in [2.75, 3.05) is 11.9 Å². The lowest BCUT2D eigenvalue weighted by atomic mass is 9.97. The van der Waals surface area contributed by atoms with Crippen LogP contribution >= 0.6 is 0 Å². The van der Waals surface area contributed by atoms with Gasteiger partial charge in [-0.25, -0.2) is 0 Å². The maximum Gasteiger partial charge on any atom is 0.320 e. The molecule has 1 aliphatic heterocycles. The van der Waals surface area contributed by atoms with Crippen molar-refractivity contribution in [3.05, 3.63) is 29.3 Å². The van der Waals surface area contributed by atoms with Gasteiger partial charge < -0.3 is 15.7 Å². The molecule has 122 valence electrons. The van der Waals surface area contributed by atoms with Crippen molar-refractivity contribution in [1.29, 1.82) is 0 Å². The SMILES string of the molecule is CCCCC(NC(C)Cc1ccc2c(c1)CCCN2)C(=O)O. The van der Waals surface area contributed by atoms with E-state index in [-0.39, 0.29) is 6.04 Å². The summed E-state index contributed by atoms with van der Waals surface area (Å²) in [7, 11) is 0. The van der Waals surface area contributed by atoms with Crippen molar-refractivity contribution >= 4 is 11.7 Å². The van der Waals surface area contributed by atoms with Crippen LogP contribution in [-0.2, 0) is 17.6 Å². The lowest BCUT2D eigenvalue weighted by Crippen LogP contribution is -2.43. The predicted molar refractivity (Wildman–Crippen MR) is 90.5 cm³/mol. The molecule has 0 radical (unpaired) electrons. The van der Waals surface area contributed by atoms with Gasteiger partial charge in [0.15, 0.2) is 0 Å². The number of aliphatic carboxylic acids is 1. The first-order chi connectivity index (χ1) is 10.6. The first-order valence-corrected chi connectivity index (χ1v) is 8.44. The second-order valence-electron chi connectivity index (χ2n) is 6.33. The molecule has 0 bridgehead atoms. The summed E-state index contributed by atoms with van der Waals surface area (Å²) in [5.74, 6) is -0.741. The largest absolute Gasteiger partial charge is 0.480 e. The van der Waals surface area contributed by atoms with Crippen LogP contribution in [0.1, 0.15) is 50.7 Å². The fourth-order valence-electron chi connectivity index (χ4n) is 3.10. The van der Waals surface area contributed by atoms with Crippen LogP contribution in [0.25, 0.3) is 0 Å². The predicted octanol–water partition coefficient (Wildman–Crippen LogP) is 3.21. The molecule has 0 saturated carbocycles. The van der Waals surface area contributed by atoms with Gasteiger partial charge in [0.05, 0.1) is 0 Å². The Morgan fingerprint density at radius 1 is 1.45 bits per heavy atom. The van der Waals surface area contributed by atoms with E-state index in [0.717, 1.165) is 32.2 Å². The number of benzene rings is 1. The molecule has 0 aromatic heterocycles. The number of nitrogens with one attached hydrogen (secondary N) is 2. The first-order valence-electron chi connectivity index (χ1n) is 8.44. The summed E-state index contributed by atoms with van der Waals surface area (Å²) < 4.78 is 0. The molecule has 0 amide bonds. The van der Waals surface area contributed by atoms with Gasteiger partial charge in [-0.05, 0) is 49.8 Å². The lowest BCUT2D eigenvalue weighted by molar-refractivity contribution is -0.139. The van der Waals surface area contributed by atoms with Crippen molar-refractivity contribution in [2.24, 2.45) is 0 Å². The molecular formula is C18H28N2O2. The van der Waals surface area contributed by atoms with E-state index in [1.165, 1.54) is 23.2 Å².